The predicted octanol–water partition coefficient (Wildman–Crippen LogP) is 1.33. The Morgan fingerprint density at radius 3 is 2.58 bits per heavy atom. The second kappa shape index (κ2) is 5.85. The van der Waals surface area contributed by atoms with Crippen molar-refractivity contribution >= 4 is 5.91 Å². The lowest BCUT2D eigenvalue weighted by Gasteiger charge is -2.36. The SMILES string of the molecule is CN1CCC(C#N)(NC(=O)Cc2ccccc2)CC1. The molecule has 0 spiro atoms. The van der Waals surface area contributed by atoms with Crippen LogP contribution in [0.15, 0.2) is 30.3 Å². The molecule has 1 aromatic carbocycles. The minimum Gasteiger partial charge on any atom is -0.337 e. The first-order valence-corrected chi connectivity index (χ1v) is 6.58. The number of piperidine rings is 1. The zero-order valence-corrected chi connectivity index (χ0v) is 11.2. The van der Waals surface area contributed by atoms with Gasteiger partial charge in [-0.05, 0) is 25.5 Å². The highest BCUT2D eigenvalue weighted by molar-refractivity contribution is 5.79. The molecule has 1 aliphatic heterocycles. The second-order valence-electron chi connectivity index (χ2n) is 5.21. The van der Waals surface area contributed by atoms with Crippen molar-refractivity contribution in [3.05, 3.63) is 35.9 Å². The molecule has 4 heteroatoms. The molecule has 0 saturated carbocycles. The van der Waals surface area contributed by atoms with Crippen LogP contribution in [0.2, 0.25) is 0 Å². The molecule has 0 aliphatic carbocycles. The molecule has 19 heavy (non-hydrogen) atoms. The predicted molar refractivity (Wildman–Crippen MR) is 73.4 cm³/mol. The van der Waals surface area contributed by atoms with Gasteiger partial charge in [0.1, 0.15) is 5.54 Å². The first-order valence-electron chi connectivity index (χ1n) is 6.58. The lowest BCUT2D eigenvalue weighted by molar-refractivity contribution is -0.122. The summed E-state index contributed by atoms with van der Waals surface area (Å²) >= 11 is 0. The van der Waals surface area contributed by atoms with Crippen LogP contribution >= 0.6 is 0 Å². The number of hydrogen-bond acceptors (Lipinski definition) is 3. The number of amides is 1. The number of nitrogens with zero attached hydrogens (tertiary/aromatic N) is 2. The van der Waals surface area contributed by atoms with Gasteiger partial charge < -0.3 is 10.2 Å². The molecular weight excluding hydrogens is 238 g/mol. The van der Waals surface area contributed by atoms with Crippen LogP contribution in [0.25, 0.3) is 0 Å². The summed E-state index contributed by atoms with van der Waals surface area (Å²) in [6.45, 7) is 1.69. The fourth-order valence-electron chi connectivity index (χ4n) is 2.36. The van der Waals surface area contributed by atoms with Crippen LogP contribution in [-0.2, 0) is 11.2 Å². The van der Waals surface area contributed by atoms with E-state index >= 15 is 0 Å². The molecule has 1 saturated heterocycles. The number of rotatable bonds is 3. The highest BCUT2D eigenvalue weighted by Gasteiger charge is 2.35. The van der Waals surface area contributed by atoms with Crippen molar-refractivity contribution in [1.82, 2.24) is 10.2 Å². The average molecular weight is 257 g/mol. The van der Waals surface area contributed by atoms with Gasteiger partial charge in [-0.25, -0.2) is 0 Å². The maximum absolute atomic E-state index is 12.1. The zero-order valence-electron chi connectivity index (χ0n) is 11.2. The number of benzene rings is 1. The van der Waals surface area contributed by atoms with Crippen LogP contribution in [-0.4, -0.2) is 36.5 Å². The fourth-order valence-corrected chi connectivity index (χ4v) is 2.36. The lowest BCUT2D eigenvalue weighted by Crippen LogP contribution is -2.54. The first kappa shape index (κ1) is 13.6. The minimum atomic E-state index is -0.682. The summed E-state index contributed by atoms with van der Waals surface area (Å²) in [5.74, 6) is -0.0719. The Morgan fingerprint density at radius 1 is 1.37 bits per heavy atom. The largest absolute Gasteiger partial charge is 0.337 e. The van der Waals surface area contributed by atoms with Crippen molar-refractivity contribution in [2.45, 2.75) is 24.8 Å². The molecule has 0 radical (unpaired) electrons. The minimum absolute atomic E-state index is 0.0719. The number of carbonyl (C=O) groups is 1. The number of nitrogens with one attached hydrogen (secondary N) is 1. The second-order valence-corrected chi connectivity index (χ2v) is 5.21. The van der Waals surface area contributed by atoms with E-state index in [-0.39, 0.29) is 5.91 Å². The van der Waals surface area contributed by atoms with E-state index in [1.807, 2.05) is 37.4 Å². The summed E-state index contributed by atoms with van der Waals surface area (Å²) in [4.78, 5) is 14.2. The summed E-state index contributed by atoms with van der Waals surface area (Å²) in [5, 5.41) is 12.3. The Balaban J connectivity index is 1.96. The zero-order chi connectivity index (χ0) is 13.7. The number of likely N-dealkylation sites (tertiary alicyclic amines) is 1. The van der Waals surface area contributed by atoms with Crippen LogP contribution in [0.1, 0.15) is 18.4 Å². The molecule has 1 heterocycles. The maximum Gasteiger partial charge on any atom is 0.225 e. The molecule has 1 N–H and O–H groups in total. The van der Waals surface area contributed by atoms with Gasteiger partial charge in [-0.15, -0.1) is 0 Å². The van der Waals surface area contributed by atoms with E-state index in [0.717, 1.165) is 18.7 Å². The third-order valence-corrected chi connectivity index (χ3v) is 3.64. The van der Waals surface area contributed by atoms with Crippen LogP contribution in [0.3, 0.4) is 0 Å². The van der Waals surface area contributed by atoms with E-state index in [9.17, 15) is 10.1 Å². The quantitative estimate of drug-likeness (QED) is 0.889. The molecule has 2 rings (SSSR count). The standard InChI is InChI=1S/C15H19N3O/c1-18-9-7-15(12-16,8-10-18)17-14(19)11-13-5-3-2-4-6-13/h2-6H,7-11H2,1H3,(H,17,19). The van der Waals surface area contributed by atoms with Crippen molar-refractivity contribution in [2.24, 2.45) is 0 Å². The highest BCUT2D eigenvalue weighted by atomic mass is 16.1. The van der Waals surface area contributed by atoms with Crippen molar-refractivity contribution in [1.29, 1.82) is 5.26 Å². The lowest BCUT2D eigenvalue weighted by atomic mass is 9.89. The monoisotopic (exact) mass is 257 g/mol. The molecule has 0 aromatic heterocycles. The van der Waals surface area contributed by atoms with E-state index in [0.29, 0.717) is 19.3 Å². The topological polar surface area (TPSA) is 56.1 Å². The fraction of sp³-hybridized carbons (Fsp3) is 0.467. The van der Waals surface area contributed by atoms with Gasteiger partial charge in [-0.2, -0.15) is 5.26 Å². The normalized spacial score (nSPS) is 18.5. The van der Waals surface area contributed by atoms with Crippen LogP contribution < -0.4 is 5.32 Å². The molecule has 0 unspecified atom stereocenters. The number of hydrogen-bond donors (Lipinski definition) is 1. The van der Waals surface area contributed by atoms with Crippen molar-refractivity contribution in [2.75, 3.05) is 20.1 Å². The number of carbonyl (C=O) groups excluding carboxylic acids is 1. The maximum atomic E-state index is 12.1. The smallest absolute Gasteiger partial charge is 0.225 e. The third kappa shape index (κ3) is 3.55. The van der Waals surface area contributed by atoms with Gasteiger partial charge in [0, 0.05) is 13.1 Å². The van der Waals surface area contributed by atoms with Crippen molar-refractivity contribution in [3.8, 4) is 6.07 Å². The van der Waals surface area contributed by atoms with Gasteiger partial charge in [-0.1, -0.05) is 30.3 Å². The van der Waals surface area contributed by atoms with E-state index in [1.54, 1.807) is 0 Å². The van der Waals surface area contributed by atoms with Crippen LogP contribution in [0, 0.1) is 11.3 Å². The van der Waals surface area contributed by atoms with E-state index < -0.39 is 5.54 Å². The molecule has 1 amide bonds. The van der Waals surface area contributed by atoms with Crippen molar-refractivity contribution < 1.29 is 4.79 Å². The Hall–Kier alpha value is -1.86. The molecule has 0 bridgehead atoms. The van der Waals surface area contributed by atoms with Crippen molar-refractivity contribution in [3.63, 3.8) is 0 Å². The molecule has 0 atom stereocenters. The average Bonchev–Trinajstić information content (AvgIpc) is 2.43. The molecule has 4 nitrogen and oxygen atoms in total. The first-order chi connectivity index (χ1) is 9.13. The molecule has 100 valence electrons. The number of nitriles is 1. The summed E-state index contributed by atoms with van der Waals surface area (Å²) in [6.07, 6.45) is 1.72. The van der Waals surface area contributed by atoms with Gasteiger partial charge in [0.2, 0.25) is 5.91 Å². The summed E-state index contributed by atoms with van der Waals surface area (Å²) in [6, 6.07) is 11.9. The Labute approximate surface area is 114 Å². The van der Waals surface area contributed by atoms with E-state index in [1.165, 1.54) is 0 Å². The Morgan fingerprint density at radius 2 is 2.00 bits per heavy atom. The summed E-state index contributed by atoms with van der Waals surface area (Å²) in [5.41, 5.74) is 0.291. The molecule has 1 fully saturated rings. The van der Waals surface area contributed by atoms with Crippen LogP contribution in [0.5, 0.6) is 0 Å². The molecular formula is C15H19N3O. The van der Waals surface area contributed by atoms with Gasteiger partial charge in [-0.3, -0.25) is 4.79 Å². The molecule has 1 aliphatic rings. The van der Waals surface area contributed by atoms with Gasteiger partial charge >= 0.3 is 0 Å². The van der Waals surface area contributed by atoms with E-state index in [4.69, 9.17) is 0 Å². The highest BCUT2D eigenvalue weighted by Crippen LogP contribution is 2.20. The Kier molecular flexibility index (Phi) is 4.18. The van der Waals surface area contributed by atoms with E-state index in [2.05, 4.69) is 16.3 Å². The molecule has 1 aromatic rings. The Bertz CT molecular complexity index is 470. The van der Waals surface area contributed by atoms with Gasteiger partial charge in [0.05, 0.1) is 12.5 Å². The van der Waals surface area contributed by atoms with Gasteiger partial charge in [0.25, 0.3) is 0 Å². The summed E-state index contributed by atoms with van der Waals surface area (Å²) in [7, 11) is 2.03. The third-order valence-electron chi connectivity index (χ3n) is 3.64. The summed E-state index contributed by atoms with van der Waals surface area (Å²) < 4.78 is 0. The van der Waals surface area contributed by atoms with Crippen LogP contribution in [0.4, 0.5) is 0 Å². The van der Waals surface area contributed by atoms with Gasteiger partial charge in [0.15, 0.2) is 0 Å².